The van der Waals surface area contributed by atoms with Crippen LogP contribution in [0.1, 0.15) is 25.8 Å². The Hall–Kier alpha value is -0.570. The van der Waals surface area contributed by atoms with Gasteiger partial charge in [0.05, 0.1) is 0 Å². The second-order valence-corrected chi connectivity index (χ2v) is 6.34. The van der Waals surface area contributed by atoms with Crippen molar-refractivity contribution in [3.63, 3.8) is 0 Å². The topological polar surface area (TPSA) is 12.0 Å². The van der Waals surface area contributed by atoms with Gasteiger partial charge in [-0.1, -0.05) is 32.0 Å². The molecular formula is C15H20ClNS. The standard InChI is InChI=1S/C15H20ClNS/c1-11(2)7-13(8-16)17-9-12-10-18-15-6-4-3-5-14(12)15/h3-6,10-11,13,17H,7-9H2,1-2H3. The van der Waals surface area contributed by atoms with Gasteiger partial charge in [-0.3, -0.25) is 0 Å². The zero-order chi connectivity index (χ0) is 13.0. The van der Waals surface area contributed by atoms with Crippen LogP contribution in [-0.4, -0.2) is 11.9 Å². The minimum Gasteiger partial charge on any atom is -0.309 e. The van der Waals surface area contributed by atoms with Crippen molar-refractivity contribution in [3.8, 4) is 0 Å². The molecule has 0 radical (unpaired) electrons. The maximum absolute atomic E-state index is 6.01. The Morgan fingerprint density at radius 1 is 1.28 bits per heavy atom. The van der Waals surface area contributed by atoms with Crippen LogP contribution in [0.3, 0.4) is 0 Å². The van der Waals surface area contributed by atoms with Crippen LogP contribution >= 0.6 is 22.9 Å². The number of halogens is 1. The summed E-state index contributed by atoms with van der Waals surface area (Å²) in [7, 11) is 0. The van der Waals surface area contributed by atoms with Crippen molar-refractivity contribution < 1.29 is 0 Å². The molecule has 1 atom stereocenters. The molecule has 0 spiro atoms. The zero-order valence-electron chi connectivity index (χ0n) is 10.9. The first-order valence-electron chi connectivity index (χ1n) is 6.45. The molecule has 0 saturated heterocycles. The van der Waals surface area contributed by atoms with E-state index in [2.05, 4.69) is 48.8 Å². The molecule has 0 aliphatic heterocycles. The highest BCUT2D eigenvalue weighted by atomic mass is 35.5. The largest absolute Gasteiger partial charge is 0.309 e. The molecule has 1 unspecified atom stereocenters. The second-order valence-electron chi connectivity index (χ2n) is 5.12. The Balaban J connectivity index is 2.01. The van der Waals surface area contributed by atoms with Gasteiger partial charge in [0, 0.05) is 23.2 Å². The molecule has 2 rings (SSSR count). The van der Waals surface area contributed by atoms with Gasteiger partial charge in [0.15, 0.2) is 0 Å². The van der Waals surface area contributed by atoms with Crippen LogP contribution in [0.2, 0.25) is 0 Å². The summed E-state index contributed by atoms with van der Waals surface area (Å²) in [5.41, 5.74) is 1.38. The minimum absolute atomic E-state index is 0.408. The SMILES string of the molecule is CC(C)CC(CCl)NCc1csc2ccccc12. The summed E-state index contributed by atoms with van der Waals surface area (Å²) in [5.74, 6) is 1.36. The molecule has 0 aliphatic carbocycles. The molecule has 1 N–H and O–H groups in total. The summed E-state index contributed by atoms with van der Waals surface area (Å²) < 4.78 is 1.36. The Labute approximate surface area is 118 Å². The molecule has 2 aromatic rings. The number of hydrogen-bond donors (Lipinski definition) is 1. The smallest absolute Gasteiger partial charge is 0.0377 e. The van der Waals surface area contributed by atoms with Gasteiger partial charge in [-0.15, -0.1) is 22.9 Å². The molecule has 3 heteroatoms. The van der Waals surface area contributed by atoms with Crippen LogP contribution in [0.25, 0.3) is 10.1 Å². The maximum atomic E-state index is 6.01. The maximum Gasteiger partial charge on any atom is 0.0377 e. The average Bonchev–Trinajstić information content (AvgIpc) is 2.77. The summed E-state index contributed by atoms with van der Waals surface area (Å²) in [6.45, 7) is 5.39. The highest BCUT2D eigenvalue weighted by Gasteiger charge is 2.10. The predicted molar refractivity (Wildman–Crippen MR) is 82.6 cm³/mol. The van der Waals surface area contributed by atoms with Gasteiger partial charge in [-0.2, -0.15) is 0 Å². The molecule has 0 bridgehead atoms. The van der Waals surface area contributed by atoms with E-state index in [4.69, 9.17) is 11.6 Å². The van der Waals surface area contributed by atoms with E-state index in [1.807, 2.05) is 11.3 Å². The van der Waals surface area contributed by atoms with Crippen LogP contribution in [-0.2, 0) is 6.54 Å². The van der Waals surface area contributed by atoms with E-state index in [1.165, 1.54) is 15.6 Å². The Kier molecular flexibility index (Phi) is 5.04. The number of rotatable bonds is 6. The van der Waals surface area contributed by atoms with Gasteiger partial charge in [-0.05, 0) is 34.7 Å². The molecule has 0 aliphatic rings. The lowest BCUT2D eigenvalue weighted by Crippen LogP contribution is -2.31. The molecule has 1 heterocycles. The molecular weight excluding hydrogens is 262 g/mol. The zero-order valence-corrected chi connectivity index (χ0v) is 12.5. The first-order chi connectivity index (χ1) is 8.70. The molecule has 1 aromatic heterocycles. The molecule has 0 saturated carbocycles. The number of nitrogens with one attached hydrogen (secondary N) is 1. The molecule has 1 aromatic carbocycles. The number of hydrogen-bond acceptors (Lipinski definition) is 2. The fraction of sp³-hybridized carbons (Fsp3) is 0.467. The first kappa shape index (κ1) is 13.9. The highest BCUT2D eigenvalue weighted by Crippen LogP contribution is 2.25. The monoisotopic (exact) mass is 281 g/mol. The second kappa shape index (κ2) is 6.55. The van der Waals surface area contributed by atoms with Crippen molar-refractivity contribution in [2.24, 2.45) is 5.92 Å². The number of benzene rings is 1. The molecule has 1 nitrogen and oxygen atoms in total. The van der Waals surface area contributed by atoms with E-state index < -0.39 is 0 Å². The minimum atomic E-state index is 0.408. The van der Waals surface area contributed by atoms with Gasteiger partial charge < -0.3 is 5.32 Å². The third kappa shape index (κ3) is 3.47. The van der Waals surface area contributed by atoms with E-state index in [0.717, 1.165) is 13.0 Å². The van der Waals surface area contributed by atoms with E-state index in [-0.39, 0.29) is 0 Å². The summed E-state index contributed by atoms with van der Waals surface area (Å²) in [6, 6.07) is 8.98. The normalized spacial score (nSPS) is 13.3. The summed E-state index contributed by atoms with van der Waals surface area (Å²) in [6.07, 6.45) is 1.13. The van der Waals surface area contributed by atoms with Crippen LogP contribution in [0.15, 0.2) is 29.6 Å². The van der Waals surface area contributed by atoms with Crippen LogP contribution in [0, 0.1) is 5.92 Å². The van der Waals surface area contributed by atoms with Gasteiger partial charge in [0.1, 0.15) is 0 Å². The first-order valence-corrected chi connectivity index (χ1v) is 7.86. The summed E-state index contributed by atoms with van der Waals surface area (Å²) in [5, 5.41) is 7.19. The van der Waals surface area contributed by atoms with Gasteiger partial charge in [-0.25, -0.2) is 0 Å². The fourth-order valence-corrected chi connectivity index (χ4v) is 3.39. The third-order valence-corrected chi connectivity index (χ3v) is 4.47. The van der Waals surface area contributed by atoms with E-state index in [0.29, 0.717) is 17.8 Å². The van der Waals surface area contributed by atoms with Gasteiger partial charge in [0.2, 0.25) is 0 Å². The lowest BCUT2D eigenvalue weighted by Gasteiger charge is -2.17. The Bertz CT molecular complexity index is 492. The number of fused-ring (bicyclic) bond motifs is 1. The molecule has 0 fully saturated rings. The lowest BCUT2D eigenvalue weighted by atomic mass is 10.0. The van der Waals surface area contributed by atoms with Crippen molar-refractivity contribution >= 4 is 33.0 Å². The van der Waals surface area contributed by atoms with Gasteiger partial charge in [0.25, 0.3) is 0 Å². The quantitative estimate of drug-likeness (QED) is 0.761. The van der Waals surface area contributed by atoms with Crippen molar-refractivity contribution in [1.29, 1.82) is 0 Å². The fourth-order valence-electron chi connectivity index (χ4n) is 2.19. The van der Waals surface area contributed by atoms with Crippen molar-refractivity contribution in [2.75, 3.05) is 5.88 Å². The van der Waals surface area contributed by atoms with E-state index in [9.17, 15) is 0 Å². The van der Waals surface area contributed by atoms with Crippen molar-refractivity contribution in [1.82, 2.24) is 5.32 Å². The third-order valence-electron chi connectivity index (χ3n) is 3.08. The Morgan fingerprint density at radius 3 is 2.78 bits per heavy atom. The van der Waals surface area contributed by atoms with E-state index in [1.54, 1.807) is 0 Å². The number of thiophene rings is 1. The molecule has 98 valence electrons. The van der Waals surface area contributed by atoms with Crippen molar-refractivity contribution in [2.45, 2.75) is 32.9 Å². The lowest BCUT2D eigenvalue weighted by molar-refractivity contribution is 0.445. The van der Waals surface area contributed by atoms with Crippen LogP contribution in [0.5, 0.6) is 0 Å². The highest BCUT2D eigenvalue weighted by molar-refractivity contribution is 7.17. The predicted octanol–water partition coefficient (Wildman–Crippen LogP) is 4.64. The average molecular weight is 282 g/mol. The van der Waals surface area contributed by atoms with Crippen molar-refractivity contribution in [3.05, 3.63) is 35.2 Å². The molecule has 18 heavy (non-hydrogen) atoms. The number of alkyl halides is 1. The van der Waals surface area contributed by atoms with Crippen LogP contribution < -0.4 is 5.32 Å². The Morgan fingerprint density at radius 2 is 2.06 bits per heavy atom. The van der Waals surface area contributed by atoms with E-state index >= 15 is 0 Å². The molecule has 0 amide bonds. The summed E-state index contributed by atoms with van der Waals surface area (Å²) >= 11 is 7.82. The van der Waals surface area contributed by atoms with Crippen LogP contribution in [0.4, 0.5) is 0 Å². The van der Waals surface area contributed by atoms with Gasteiger partial charge >= 0.3 is 0 Å². The summed E-state index contributed by atoms with van der Waals surface area (Å²) in [4.78, 5) is 0.